The molecule has 0 unspecified atom stereocenters. The van der Waals surface area contributed by atoms with Crippen molar-refractivity contribution in [3.8, 4) is 5.88 Å². The number of hydrogen-bond donors (Lipinski definition) is 1. The second-order valence-electron chi connectivity index (χ2n) is 4.07. The fraction of sp³-hybridized carbons (Fsp3) is 0.455. The van der Waals surface area contributed by atoms with Gasteiger partial charge in [0.2, 0.25) is 5.88 Å². The van der Waals surface area contributed by atoms with Gasteiger partial charge in [0.15, 0.2) is 6.61 Å². The summed E-state index contributed by atoms with van der Waals surface area (Å²) < 4.78 is 40.4. The summed E-state index contributed by atoms with van der Waals surface area (Å²) >= 11 is 0. The third-order valence-corrected chi connectivity index (χ3v) is 2.48. The molecular weight excluding hydrogens is 251 g/mol. The molecule has 98 valence electrons. The van der Waals surface area contributed by atoms with Gasteiger partial charge in [-0.05, 0) is 18.9 Å². The Kier molecular flexibility index (Phi) is 3.14. The number of hydrogen-bond acceptors (Lipinski definition) is 3. The average Bonchev–Trinajstić information content (AvgIpc) is 3.08. The van der Waals surface area contributed by atoms with Gasteiger partial charge in [-0.25, -0.2) is 9.78 Å². The van der Waals surface area contributed by atoms with E-state index < -0.39 is 18.8 Å². The number of aromatic carboxylic acids is 1. The number of aromatic nitrogens is 1. The number of carbonyl (C=O) groups is 1. The molecule has 0 radical (unpaired) electrons. The van der Waals surface area contributed by atoms with E-state index in [2.05, 4.69) is 9.72 Å². The van der Waals surface area contributed by atoms with Crippen molar-refractivity contribution in [1.29, 1.82) is 0 Å². The lowest BCUT2D eigenvalue weighted by molar-refractivity contribution is -0.154. The number of ether oxygens (including phenoxy) is 1. The van der Waals surface area contributed by atoms with Crippen molar-refractivity contribution in [2.45, 2.75) is 24.9 Å². The topological polar surface area (TPSA) is 59.4 Å². The van der Waals surface area contributed by atoms with Gasteiger partial charge in [-0.1, -0.05) is 0 Å². The van der Waals surface area contributed by atoms with Crippen molar-refractivity contribution in [3.05, 3.63) is 23.4 Å². The molecule has 0 amide bonds. The van der Waals surface area contributed by atoms with E-state index in [0.29, 0.717) is 5.69 Å². The number of rotatable bonds is 4. The van der Waals surface area contributed by atoms with E-state index in [9.17, 15) is 18.0 Å². The first-order valence-corrected chi connectivity index (χ1v) is 5.30. The van der Waals surface area contributed by atoms with Crippen LogP contribution < -0.4 is 4.74 Å². The molecule has 0 atom stereocenters. The Labute approximate surface area is 100 Å². The van der Waals surface area contributed by atoms with Crippen LogP contribution in [0.2, 0.25) is 0 Å². The number of carboxylic acid groups (broad SMARTS) is 1. The predicted molar refractivity (Wildman–Crippen MR) is 54.7 cm³/mol. The van der Waals surface area contributed by atoms with E-state index in [-0.39, 0.29) is 17.4 Å². The van der Waals surface area contributed by atoms with E-state index in [1.165, 1.54) is 6.07 Å². The van der Waals surface area contributed by atoms with Crippen molar-refractivity contribution in [1.82, 2.24) is 4.98 Å². The first-order chi connectivity index (χ1) is 8.37. The maximum absolute atomic E-state index is 12.0. The van der Waals surface area contributed by atoms with Crippen LogP contribution in [0.3, 0.4) is 0 Å². The van der Waals surface area contributed by atoms with Crippen LogP contribution in [-0.4, -0.2) is 28.8 Å². The lowest BCUT2D eigenvalue weighted by Gasteiger charge is -2.10. The van der Waals surface area contributed by atoms with Crippen molar-refractivity contribution in [2.24, 2.45) is 0 Å². The van der Waals surface area contributed by atoms with Crippen LogP contribution in [0.1, 0.15) is 34.8 Å². The molecule has 18 heavy (non-hydrogen) atoms. The van der Waals surface area contributed by atoms with Crippen LogP contribution >= 0.6 is 0 Å². The minimum atomic E-state index is -4.44. The fourth-order valence-electron chi connectivity index (χ4n) is 1.54. The van der Waals surface area contributed by atoms with E-state index in [0.717, 1.165) is 18.9 Å². The van der Waals surface area contributed by atoms with Gasteiger partial charge in [0.05, 0.1) is 11.3 Å². The lowest BCUT2D eigenvalue weighted by atomic mass is 10.1. The summed E-state index contributed by atoms with van der Waals surface area (Å²) in [6.07, 6.45) is -2.83. The van der Waals surface area contributed by atoms with Gasteiger partial charge < -0.3 is 9.84 Å². The van der Waals surface area contributed by atoms with Crippen LogP contribution in [0.15, 0.2) is 12.1 Å². The van der Waals surface area contributed by atoms with Gasteiger partial charge in [0, 0.05) is 12.0 Å². The molecule has 1 fully saturated rings. The average molecular weight is 261 g/mol. The van der Waals surface area contributed by atoms with Gasteiger partial charge in [0.25, 0.3) is 0 Å². The molecule has 0 aliphatic heterocycles. The zero-order valence-electron chi connectivity index (χ0n) is 9.20. The van der Waals surface area contributed by atoms with Crippen molar-refractivity contribution < 1.29 is 27.8 Å². The molecule has 1 heterocycles. The molecule has 0 bridgehead atoms. The fourth-order valence-corrected chi connectivity index (χ4v) is 1.54. The second kappa shape index (κ2) is 4.47. The van der Waals surface area contributed by atoms with Crippen LogP contribution in [0.4, 0.5) is 13.2 Å². The smallest absolute Gasteiger partial charge is 0.422 e. The number of pyridine rings is 1. The Morgan fingerprint density at radius 2 is 2.11 bits per heavy atom. The largest absolute Gasteiger partial charge is 0.478 e. The maximum Gasteiger partial charge on any atom is 0.422 e. The summed E-state index contributed by atoms with van der Waals surface area (Å²) in [6.45, 7) is -1.43. The van der Waals surface area contributed by atoms with Crippen LogP contribution in [-0.2, 0) is 0 Å². The Bertz CT molecular complexity index is 469. The van der Waals surface area contributed by atoms with Gasteiger partial charge in [-0.3, -0.25) is 0 Å². The highest BCUT2D eigenvalue weighted by Crippen LogP contribution is 2.41. The number of nitrogens with zero attached hydrogens (tertiary/aromatic N) is 1. The molecular formula is C11H10F3NO3. The first kappa shape index (κ1) is 12.7. The number of alkyl halides is 3. The summed E-state index contributed by atoms with van der Waals surface area (Å²) in [5.74, 6) is -1.31. The summed E-state index contributed by atoms with van der Waals surface area (Å²) in [5.41, 5.74) is 0.332. The molecule has 4 nitrogen and oxygen atoms in total. The van der Waals surface area contributed by atoms with Crippen molar-refractivity contribution >= 4 is 5.97 Å². The molecule has 1 aliphatic rings. The summed E-state index contributed by atoms with van der Waals surface area (Å²) in [4.78, 5) is 14.8. The normalized spacial score (nSPS) is 15.5. The lowest BCUT2D eigenvalue weighted by Crippen LogP contribution is -2.20. The van der Waals surface area contributed by atoms with E-state index in [1.54, 1.807) is 0 Å². The van der Waals surface area contributed by atoms with Crippen molar-refractivity contribution in [3.63, 3.8) is 0 Å². The molecule has 1 aromatic heterocycles. The van der Waals surface area contributed by atoms with Crippen LogP contribution in [0.25, 0.3) is 0 Å². The molecule has 1 N–H and O–H groups in total. The highest BCUT2D eigenvalue weighted by molar-refractivity contribution is 5.89. The molecule has 2 rings (SSSR count). The van der Waals surface area contributed by atoms with Gasteiger partial charge in [-0.15, -0.1) is 0 Å². The van der Waals surface area contributed by atoms with Crippen molar-refractivity contribution in [2.75, 3.05) is 6.61 Å². The first-order valence-electron chi connectivity index (χ1n) is 5.30. The van der Waals surface area contributed by atoms with E-state index in [4.69, 9.17) is 5.11 Å². The highest BCUT2D eigenvalue weighted by atomic mass is 19.4. The van der Waals surface area contributed by atoms with E-state index >= 15 is 0 Å². The van der Waals surface area contributed by atoms with Gasteiger partial charge in [0.1, 0.15) is 0 Å². The minimum absolute atomic E-state index is 0.0190. The standard InChI is InChI=1S/C11H10F3NO3/c12-11(13,14)5-18-8-4-3-7(10(16)17)9(15-8)6-1-2-6/h3-4,6H,1-2,5H2,(H,16,17). The number of halogens is 3. The summed E-state index contributed by atoms with van der Waals surface area (Å²) in [5, 5.41) is 8.93. The monoisotopic (exact) mass is 261 g/mol. The predicted octanol–water partition coefficient (Wildman–Crippen LogP) is 2.60. The van der Waals surface area contributed by atoms with Gasteiger partial charge in [-0.2, -0.15) is 13.2 Å². The molecule has 1 aromatic rings. The zero-order valence-corrected chi connectivity index (χ0v) is 9.20. The Hall–Kier alpha value is -1.79. The summed E-state index contributed by atoms with van der Waals surface area (Å²) in [7, 11) is 0. The summed E-state index contributed by atoms with van der Waals surface area (Å²) in [6, 6.07) is 2.37. The van der Waals surface area contributed by atoms with E-state index in [1.807, 2.05) is 0 Å². The Balaban J connectivity index is 2.18. The number of carboxylic acids is 1. The third-order valence-electron chi connectivity index (χ3n) is 2.48. The molecule has 0 spiro atoms. The third kappa shape index (κ3) is 3.12. The molecule has 0 saturated heterocycles. The Morgan fingerprint density at radius 1 is 1.44 bits per heavy atom. The zero-order chi connectivity index (χ0) is 13.3. The van der Waals surface area contributed by atoms with Crippen LogP contribution in [0, 0.1) is 0 Å². The molecule has 0 aromatic carbocycles. The highest BCUT2D eigenvalue weighted by Gasteiger charge is 2.31. The molecule has 1 saturated carbocycles. The minimum Gasteiger partial charge on any atom is -0.478 e. The Morgan fingerprint density at radius 3 is 2.61 bits per heavy atom. The van der Waals surface area contributed by atoms with Crippen LogP contribution in [0.5, 0.6) is 5.88 Å². The molecule has 1 aliphatic carbocycles. The van der Waals surface area contributed by atoms with Gasteiger partial charge >= 0.3 is 12.1 Å². The quantitative estimate of drug-likeness (QED) is 0.905. The SMILES string of the molecule is O=C(O)c1ccc(OCC(F)(F)F)nc1C1CC1. The maximum atomic E-state index is 12.0. The second-order valence-corrected chi connectivity index (χ2v) is 4.07. The molecule has 7 heteroatoms.